The lowest BCUT2D eigenvalue weighted by atomic mass is 10.1. The lowest BCUT2D eigenvalue weighted by molar-refractivity contribution is 0.0995. The molecule has 0 saturated carbocycles. The van der Waals surface area contributed by atoms with Gasteiger partial charge in [-0.15, -0.1) is 0 Å². The number of rotatable bonds is 5. The molecule has 1 aromatic carbocycles. The minimum absolute atomic E-state index is 0.0138. The van der Waals surface area contributed by atoms with Gasteiger partial charge in [-0.2, -0.15) is 0 Å². The molecule has 1 aromatic rings. The zero-order chi connectivity index (χ0) is 12.1. The van der Waals surface area contributed by atoms with Crippen molar-refractivity contribution in [2.24, 2.45) is 0 Å². The van der Waals surface area contributed by atoms with E-state index in [0.29, 0.717) is 23.7 Å². The Kier molecular flexibility index (Phi) is 4.80. The average molecular weight is 287 g/mol. The molecule has 4 heteroatoms. The normalized spacial score (nSPS) is 12.0. The summed E-state index contributed by atoms with van der Waals surface area (Å²) >= 11 is 3.26. The van der Waals surface area contributed by atoms with Crippen molar-refractivity contribution in [1.29, 1.82) is 0 Å². The predicted molar refractivity (Wildman–Crippen MR) is 66.9 cm³/mol. The number of halogens is 1. The summed E-state index contributed by atoms with van der Waals surface area (Å²) in [5.74, 6) is 1.29. The molecule has 0 fully saturated rings. The van der Waals surface area contributed by atoms with E-state index >= 15 is 0 Å². The largest absolute Gasteiger partial charge is 0.497 e. The van der Waals surface area contributed by atoms with Crippen molar-refractivity contribution < 1.29 is 14.3 Å². The Balaban J connectivity index is 3.08. The minimum atomic E-state index is -0.214. The summed E-state index contributed by atoms with van der Waals surface area (Å²) in [6, 6.07) is 5.20. The van der Waals surface area contributed by atoms with E-state index in [4.69, 9.17) is 9.47 Å². The Hall–Kier alpha value is -1.03. The average Bonchev–Trinajstić information content (AvgIpc) is 2.27. The van der Waals surface area contributed by atoms with Crippen molar-refractivity contribution in [3.8, 4) is 11.5 Å². The highest BCUT2D eigenvalue weighted by atomic mass is 79.9. The number of methoxy groups -OCH3 is 1. The van der Waals surface area contributed by atoms with E-state index < -0.39 is 0 Å². The lowest BCUT2D eigenvalue weighted by Gasteiger charge is -2.09. The monoisotopic (exact) mass is 286 g/mol. The molecule has 0 spiro atoms. The van der Waals surface area contributed by atoms with Crippen LogP contribution in [0.25, 0.3) is 0 Å². The number of carbonyl (C=O) groups excluding carboxylic acids is 1. The van der Waals surface area contributed by atoms with Gasteiger partial charge in [0.15, 0.2) is 5.78 Å². The number of ether oxygens (including phenoxy) is 2. The third-order valence-corrected chi connectivity index (χ3v) is 2.49. The predicted octanol–water partition coefficient (Wildman–Crippen LogP) is 3.06. The molecule has 0 aromatic heterocycles. The molecule has 1 unspecified atom stereocenters. The van der Waals surface area contributed by atoms with Gasteiger partial charge in [-0.1, -0.05) is 15.9 Å². The van der Waals surface area contributed by atoms with Gasteiger partial charge in [0.05, 0.1) is 18.5 Å². The molecule has 0 bridgehead atoms. The van der Waals surface area contributed by atoms with Crippen LogP contribution in [0.5, 0.6) is 11.5 Å². The number of hydrogen-bond acceptors (Lipinski definition) is 3. The van der Waals surface area contributed by atoms with Crippen molar-refractivity contribution in [3.63, 3.8) is 0 Å². The minimum Gasteiger partial charge on any atom is -0.497 e. The van der Waals surface area contributed by atoms with Crippen LogP contribution in [0.15, 0.2) is 18.2 Å². The number of ketones is 1. The maximum Gasteiger partial charge on any atom is 0.176 e. The van der Waals surface area contributed by atoms with Crippen LogP contribution < -0.4 is 9.47 Å². The fraction of sp³-hybridized carbons (Fsp3) is 0.417. The maximum atomic E-state index is 11.8. The third kappa shape index (κ3) is 3.23. The number of alkyl halides is 1. The third-order valence-electron chi connectivity index (χ3n) is 2.07. The number of benzene rings is 1. The van der Waals surface area contributed by atoms with Crippen LogP contribution in [0.2, 0.25) is 0 Å². The molecule has 1 atom stereocenters. The van der Waals surface area contributed by atoms with Crippen molar-refractivity contribution >= 4 is 21.7 Å². The van der Waals surface area contributed by atoms with E-state index in [9.17, 15) is 4.79 Å². The first-order valence-electron chi connectivity index (χ1n) is 5.08. The maximum absolute atomic E-state index is 11.8. The van der Waals surface area contributed by atoms with Gasteiger partial charge in [0.2, 0.25) is 0 Å². The van der Waals surface area contributed by atoms with Crippen LogP contribution >= 0.6 is 15.9 Å². The zero-order valence-electron chi connectivity index (χ0n) is 9.62. The Morgan fingerprint density at radius 2 is 2.00 bits per heavy atom. The molecule has 0 radical (unpaired) electrons. The highest BCUT2D eigenvalue weighted by Crippen LogP contribution is 2.24. The van der Waals surface area contributed by atoms with E-state index in [2.05, 4.69) is 15.9 Å². The first-order valence-corrected chi connectivity index (χ1v) is 6.00. The van der Waals surface area contributed by atoms with Crippen molar-refractivity contribution in [2.75, 3.05) is 13.7 Å². The van der Waals surface area contributed by atoms with Gasteiger partial charge in [-0.25, -0.2) is 0 Å². The topological polar surface area (TPSA) is 35.5 Å². The van der Waals surface area contributed by atoms with E-state index in [1.165, 1.54) is 0 Å². The summed E-state index contributed by atoms with van der Waals surface area (Å²) < 4.78 is 10.5. The van der Waals surface area contributed by atoms with E-state index in [1.54, 1.807) is 32.2 Å². The lowest BCUT2D eigenvalue weighted by Crippen LogP contribution is -2.10. The van der Waals surface area contributed by atoms with E-state index in [1.807, 2.05) is 6.92 Å². The van der Waals surface area contributed by atoms with Gasteiger partial charge < -0.3 is 9.47 Å². The molecule has 88 valence electrons. The van der Waals surface area contributed by atoms with Crippen molar-refractivity contribution in [2.45, 2.75) is 18.7 Å². The van der Waals surface area contributed by atoms with Gasteiger partial charge in [0, 0.05) is 11.6 Å². The van der Waals surface area contributed by atoms with Crippen LogP contribution in [-0.4, -0.2) is 24.3 Å². The number of carbonyl (C=O) groups is 1. The highest BCUT2D eigenvalue weighted by Gasteiger charge is 2.14. The molecule has 0 N–H and O–H groups in total. The fourth-order valence-electron chi connectivity index (χ4n) is 1.31. The molecular formula is C12H15BrO3. The molecule has 16 heavy (non-hydrogen) atoms. The zero-order valence-corrected chi connectivity index (χ0v) is 11.2. The van der Waals surface area contributed by atoms with Gasteiger partial charge in [0.1, 0.15) is 11.5 Å². The Labute approximate surface area is 104 Å². The van der Waals surface area contributed by atoms with Crippen LogP contribution in [0, 0.1) is 0 Å². The van der Waals surface area contributed by atoms with Crippen LogP contribution in [0.1, 0.15) is 24.2 Å². The molecule has 0 aliphatic rings. The number of Topliss-reactive ketones (excluding diaryl/α,β-unsaturated/α-hetero) is 1. The molecule has 3 nitrogen and oxygen atoms in total. The Morgan fingerprint density at radius 1 is 1.38 bits per heavy atom. The first-order chi connectivity index (χ1) is 7.58. The van der Waals surface area contributed by atoms with Crippen molar-refractivity contribution in [3.05, 3.63) is 23.8 Å². The SMILES string of the molecule is CCOc1cc(OC)cc(C(=O)C(C)Br)c1. The second-order valence-corrected chi connectivity index (χ2v) is 4.68. The quantitative estimate of drug-likeness (QED) is 0.616. The summed E-state index contributed by atoms with van der Waals surface area (Å²) in [6.45, 7) is 4.25. The fourth-order valence-corrected chi connectivity index (χ4v) is 1.58. The van der Waals surface area contributed by atoms with Crippen LogP contribution in [-0.2, 0) is 0 Å². The van der Waals surface area contributed by atoms with E-state index in [-0.39, 0.29) is 10.6 Å². The smallest absolute Gasteiger partial charge is 0.176 e. The van der Waals surface area contributed by atoms with Gasteiger partial charge in [-0.3, -0.25) is 4.79 Å². The van der Waals surface area contributed by atoms with Gasteiger partial charge >= 0.3 is 0 Å². The molecule has 0 aliphatic carbocycles. The van der Waals surface area contributed by atoms with Gasteiger partial charge in [0.25, 0.3) is 0 Å². The summed E-state index contributed by atoms with van der Waals surface area (Å²) in [7, 11) is 1.57. The highest BCUT2D eigenvalue weighted by molar-refractivity contribution is 9.10. The summed E-state index contributed by atoms with van der Waals surface area (Å²) in [5.41, 5.74) is 0.590. The van der Waals surface area contributed by atoms with E-state index in [0.717, 1.165) is 0 Å². The number of hydrogen-bond donors (Lipinski definition) is 0. The molecule has 0 heterocycles. The first kappa shape index (κ1) is 13.0. The standard InChI is InChI=1S/C12H15BrO3/c1-4-16-11-6-9(12(14)8(2)13)5-10(7-11)15-3/h5-8H,4H2,1-3H3. The summed E-state index contributed by atoms with van der Waals surface area (Å²) in [6.07, 6.45) is 0. The van der Waals surface area contributed by atoms with Crippen molar-refractivity contribution in [1.82, 2.24) is 0 Å². The molecule has 0 aliphatic heterocycles. The second-order valence-electron chi connectivity index (χ2n) is 3.31. The summed E-state index contributed by atoms with van der Waals surface area (Å²) in [5, 5.41) is 0. The molecule has 0 saturated heterocycles. The second kappa shape index (κ2) is 5.89. The summed E-state index contributed by atoms with van der Waals surface area (Å²) in [4.78, 5) is 11.6. The Morgan fingerprint density at radius 3 is 2.50 bits per heavy atom. The Bertz CT molecular complexity index is 375. The van der Waals surface area contributed by atoms with Gasteiger partial charge in [-0.05, 0) is 26.0 Å². The van der Waals surface area contributed by atoms with Crippen LogP contribution in [0.4, 0.5) is 0 Å². The molecule has 1 rings (SSSR count). The van der Waals surface area contributed by atoms with Crippen LogP contribution in [0.3, 0.4) is 0 Å². The molecular weight excluding hydrogens is 272 g/mol. The molecule has 0 amide bonds.